The number of nitrogens with one attached hydrogen (secondary N) is 1. The molecule has 112 valence electrons. The predicted octanol–water partition coefficient (Wildman–Crippen LogP) is 1.81. The summed E-state index contributed by atoms with van der Waals surface area (Å²) in [6, 6.07) is 2.89. The van der Waals surface area contributed by atoms with Crippen LogP contribution in [-0.2, 0) is 10.0 Å². The van der Waals surface area contributed by atoms with E-state index in [4.69, 9.17) is 17.3 Å². The molecule has 0 saturated heterocycles. The number of anilines is 1. The van der Waals surface area contributed by atoms with Gasteiger partial charge in [-0.25, -0.2) is 13.1 Å². The van der Waals surface area contributed by atoms with E-state index in [9.17, 15) is 13.5 Å². The van der Waals surface area contributed by atoms with Gasteiger partial charge >= 0.3 is 0 Å². The number of halogens is 1. The summed E-state index contributed by atoms with van der Waals surface area (Å²) in [5.41, 5.74) is 6.09. The highest BCUT2D eigenvalue weighted by Gasteiger charge is 2.38. The van der Waals surface area contributed by atoms with Gasteiger partial charge in [0.25, 0.3) is 0 Å². The molecule has 0 atom stereocenters. The fraction of sp³-hybridized carbons (Fsp3) is 0.538. The minimum absolute atomic E-state index is 0.0398. The molecule has 20 heavy (non-hydrogen) atoms. The zero-order valence-corrected chi connectivity index (χ0v) is 12.9. The molecule has 0 amide bonds. The summed E-state index contributed by atoms with van der Waals surface area (Å²) >= 11 is 6.02. The molecule has 0 heterocycles. The summed E-state index contributed by atoms with van der Waals surface area (Å²) in [5, 5.41) is 9.64. The van der Waals surface area contributed by atoms with Crippen LogP contribution in [0.3, 0.4) is 0 Å². The van der Waals surface area contributed by atoms with Gasteiger partial charge in [0.15, 0.2) is 0 Å². The highest BCUT2D eigenvalue weighted by Crippen LogP contribution is 2.33. The molecule has 2 rings (SSSR count). The number of rotatable bonds is 4. The lowest BCUT2D eigenvalue weighted by molar-refractivity contribution is 0.185. The minimum atomic E-state index is -3.81. The topological polar surface area (TPSA) is 92.4 Å². The first-order valence-electron chi connectivity index (χ1n) is 6.50. The number of aliphatic hydroxyl groups excluding tert-OH is 1. The Labute approximate surface area is 124 Å². The van der Waals surface area contributed by atoms with Crippen LogP contribution in [0, 0.1) is 6.92 Å². The van der Waals surface area contributed by atoms with E-state index in [1.807, 2.05) is 0 Å². The van der Waals surface area contributed by atoms with Crippen LogP contribution in [0.4, 0.5) is 5.69 Å². The van der Waals surface area contributed by atoms with E-state index in [-0.39, 0.29) is 16.5 Å². The first-order chi connectivity index (χ1) is 9.30. The third kappa shape index (κ3) is 2.93. The first kappa shape index (κ1) is 15.6. The Bertz CT molecular complexity index is 610. The lowest BCUT2D eigenvalue weighted by Crippen LogP contribution is -2.49. The van der Waals surface area contributed by atoms with Crippen molar-refractivity contribution in [1.82, 2.24) is 4.72 Å². The van der Waals surface area contributed by atoms with Gasteiger partial charge in [-0.15, -0.1) is 0 Å². The number of aliphatic hydroxyl groups is 1. The van der Waals surface area contributed by atoms with Crippen LogP contribution in [0.5, 0.6) is 0 Å². The van der Waals surface area contributed by atoms with Gasteiger partial charge in [0.1, 0.15) is 4.90 Å². The zero-order chi connectivity index (χ0) is 15.0. The van der Waals surface area contributed by atoms with E-state index in [1.54, 1.807) is 6.92 Å². The zero-order valence-electron chi connectivity index (χ0n) is 11.3. The number of hydrogen-bond acceptors (Lipinski definition) is 4. The Balaban J connectivity index is 2.38. The molecule has 1 aromatic rings. The van der Waals surface area contributed by atoms with Gasteiger partial charge < -0.3 is 10.8 Å². The molecule has 7 heteroatoms. The van der Waals surface area contributed by atoms with E-state index in [0.29, 0.717) is 18.5 Å². The molecule has 0 spiro atoms. The number of benzene rings is 1. The maximum atomic E-state index is 12.5. The molecule has 0 bridgehead atoms. The maximum Gasteiger partial charge on any atom is 0.242 e. The van der Waals surface area contributed by atoms with Gasteiger partial charge in [-0.1, -0.05) is 24.4 Å². The minimum Gasteiger partial charge on any atom is -0.398 e. The fourth-order valence-corrected chi connectivity index (χ4v) is 4.63. The van der Waals surface area contributed by atoms with E-state index in [2.05, 4.69) is 4.72 Å². The third-order valence-electron chi connectivity index (χ3n) is 3.82. The molecule has 0 aliphatic heterocycles. The Kier molecular flexibility index (Phi) is 4.30. The standard InChI is InChI=1S/C13H19ClN2O3S/c1-9-6-10(14)12(7-11(9)15)20(18,19)16-13(8-17)4-2-3-5-13/h6-7,16-17H,2-5,8,15H2,1H3. The molecule has 1 saturated carbocycles. The summed E-state index contributed by atoms with van der Waals surface area (Å²) in [6.45, 7) is 1.54. The number of hydrogen-bond donors (Lipinski definition) is 3. The van der Waals surface area contributed by atoms with Crippen molar-refractivity contribution in [3.63, 3.8) is 0 Å². The van der Waals surface area contributed by atoms with E-state index in [0.717, 1.165) is 18.4 Å². The van der Waals surface area contributed by atoms with Gasteiger partial charge in [-0.3, -0.25) is 0 Å². The Hall–Kier alpha value is -0.820. The van der Waals surface area contributed by atoms with Gasteiger partial charge in [-0.2, -0.15) is 0 Å². The number of nitrogen functional groups attached to an aromatic ring is 1. The Morgan fingerprint density at radius 3 is 2.55 bits per heavy atom. The summed E-state index contributed by atoms with van der Waals surface area (Å²) < 4.78 is 27.6. The van der Waals surface area contributed by atoms with Crippen molar-refractivity contribution in [1.29, 1.82) is 0 Å². The summed E-state index contributed by atoms with van der Waals surface area (Å²) in [4.78, 5) is -0.0398. The molecule has 4 N–H and O–H groups in total. The molecule has 0 radical (unpaired) electrons. The smallest absolute Gasteiger partial charge is 0.242 e. The normalized spacial score (nSPS) is 18.4. The van der Waals surface area contributed by atoms with Crippen LogP contribution in [0.1, 0.15) is 31.2 Å². The Morgan fingerprint density at radius 2 is 2.00 bits per heavy atom. The van der Waals surface area contributed by atoms with Crippen LogP contribution >= 0.6 is 11.6 Å². The molecule has 1 aliphatic rings. The number of nitrogens with two attached hydrogens (primary N) is 1. The average Bonchev–Trinajstić information content (AvgIpc) is 2.82. The van der Waals surface area contributed by atoms with Crippen LogP contribution < -0.4 is 10.5 Å². The van der Waals surface area contributed by atoms with Crippen molar-refractivity contribution in [2.24, 2.45) is 0 Å². The summed E-state index contributed by atoms with van der Waals surface area (Å²) in [7, 11) is -3.81. The maximum absolute atomic E-state index is 12.5. The van der Waals surface area contributed by atoms with Gasteiger partial charge in [0, 0.05) is 5.69 Å². The third-order valence-corrected chi connectivity index (χ3v) is 5.87. The largest absolute Gasteiger partial charge is 0.398 e. The van der Waals surface area contributed by atoms with Crippen LogP contribution in [0.15, 0.2) is 17.0 Å². The Morgan fingerprint density at radius 1 is 1.40 bits per heavy atom. The van der Waals surface area contributed by atoms with Crippen molar-refractivity contribution in [2.45, 2.75) is 43.0 Å². The summed E-state index contributed by atoms with van der Waals surface area (Å²) in [6.07, 6.45) is 3.04. The molecule has 1 fully saturated rings. The second-order valence-electron chi connectivity index (χ2n) is 5.39. The van der Waals surface area contributed by atoms with E-state index >= 15 is 0 Å². The molecular weight excluding hydrogens is 300 g/mol. The second kappa shape index (κ2) is 5.52. The monoisotopic (exact) mass is 318 g/mol. The number of sulfonamides is 1. The molecular formula is C13H19ClN2O3S. The van der Waals surface area contributed by atoms with Gasteiger partial charge in [0.05, 0.1) is 17.2 Å². The van der Waals surface area contributed by atoms with Crippen LogP contribution in [-0.4, -0.2) is 25.7 Å². The average molecular weight is 319 g/mol. The van der Waals surface area contributed by atoms with Gasteiger partial charge in [0.2, 0.25) is 10.0 Å². The van der Waals surface area contributed by atoms with Crippen LogP contribution in [0.2, 0.25) is 5.02 Å². The first-order valence-corrected chi connectivity index (χ1v) is 8.36. The molecule has 0 unspecified atom stereocenters. The molecule has 1 aromatic carbocycles. The molecule has 1 aliphatic carbocycles. The number of aryl methyl sites for hydroxylation is 1. The van der Waals surface area contributed by atoms with Crippen molar-refractivity contribution >= 4 is 27.3 Å². The highest BCUT2D eigenvalue weighted by atomic mass is 35.5. The van der Waals surface area contributed by atoms with E-state index in [1.165, 1.54) is 12.1 Å². The predicted molar refractivity (Wildman–Crippen MR) is 79.2 cm³/mol. The summed E-state index contributed by atoms with van der Waals surface area (Å²) in [5.74, 6) is 0. The van der Waals surface area contributed by atoms with Crippen molar-refractivity contribution < 1.29 is 13.5 Å². The van der Waals surface area contributed by atoms with E-state index < -0.39 is 15.6 Å². The molecule has 5 nitrogen and oxygen atoms in total. The van der Waals surface area contributed by atoms with Gasteiger partial charge in [-0.05, 0) is 37.5 Å². The van der Waals surface area contributed by atoms with Crippen molar-refractivity contribution in [3.05, 3.63) is 22.7 Å². The highest BCUT2D eigenvalue weighted by molar-refractivity contribution is 7.89. The van der Waals surface area contributed by atoms with Crippen molar-refractivity contribution in [3.8, 4) is 0 Å². The molecule has 0 aromatic heterocycles. The lowest BCUT2D eigenvalue weighted by atomic mass is 10.0. The van der Waals surface area contributed by atoms with Crippen molar-refractivity contribution in [2.75, 3.05) is 12.3 Å². The fourth-order valence-electron chi connectivity index (χ4n) is 2.56. The van der Waals surface area contributed by atoms with Crippen LogP contribution in [0.25, 0.3) is 0 Å². The second-order valence-corrected chi connectivity index (χ2v) is 7.45. The SMILES string of the molecule is Cc1cc(Cl)c(S(=O)(=O)NC2(CO)CCCC2)cc1N. The lowest BCUT2D eigenvalue weighted by Gasteiger charge is -2.27. The quantitative estimate of drug-likeness (QED) is 0.738.